The summed E-state index contributed by atoms with van der Waals surface area (Å²) in [4.78, 5) is 12.0. The monoisotopic (exact) mass is 323 g/mol. The van der Waals surface area contributed by atoms with Crippen LogP contribution in [0.25, 0.3) is 0 Å². The number of anilines is 1. The van der Waals surface area contributed by atoms with Crippen molar-refractivity contribution in [3.05, 3.63) is 59.4 Å². The third kappa shape index (κ3) is 3.12. The van der Waals surface area contributed by atoms with E-state index in [1.165, 1.54) is 12.1 Å². The summed E-state index contributed by atoms with van der Waals surface area (Å²) in [5, 5.41) is 12.3. The fourth-order valence-electron chi connectivity index (χ4n) is 1.64. The van der Waals surface area contributed by atoms with Crippen molar-refractivity contribution >= 4 is 27.5 Å². The first kappa shape index (κ1) is 13.5. The molecule has 98 valence electrons. The van der Waals surface area contributed by atoms with Gasteiger partial charge in [-0.1, -0.05) is 34.1 Å². The third-order valence-electron chi connectivity index (χ3n) is 2.61. The summed E-state index contributed by atoms with van der Waals surface area (Å²) >= 11 is 3.32. The number of hydrogen-bond acceptors (Lipinski definition) is 2. The summed E-state index contributed by atoms with van der Waals surface area (Å²) < 4.78 is 13.6. The van der Waals surface area contributed by atoms with Gasteiger partial charge < -0.3 is 10.4 Å². The van der Waals surface area contributed by atoms with Crippen LogP contribution in [0.5, 0.6) is 5.75 Å². The van der Waals surface area contributed by atoms with Gasteiger partial charge in [-0.25, -0.2) is 4.39 Å². The molecule has 0 unspecified atom stereocenters. The maximum atomic E-state index is 13.6. The number of carbonyl (C=O) groups excluding carboxylic acids is 1. The van der Waals surface area contributed by atoms with E-state index in [2.05, 4.69) is 21.2 Å². The highest BCUT2D eigenvalue weighted by Gasteiger charge is 2.13. The number of rotatable bonds is 3. The largest absolute Gasteiger partial charge is 0.508 e. The van der Waals surface area contributed by atoms with Crippen molar-refractivity contribution in [2.45, 2.75) is 5.33 Å². The molecular weight excluding hydrogens is 313 g/mol. The highest BCUT2D eigenvalue weighted by atomic mass is 79.9. The molecule has 3 nitrogen and oxygen atoms in total. The lowest BCUT2D eigenvalue weighted by Gasteiger charge is -2.09. The van der Waals surface area contributed by atoms with E-state index in [1.54, 1.807) is 12.1 Å². The van der Waals surface area contributed by atoms with E-state index in [4.69, 9.17) is 5.11 Å². The standard InChI is InChI=1S/C14H11BrFNO2/c15-8-9-3-1-2-4-13(9)17-14(19)11-6-5-10(18)7-12(11)16/h1-7,18H,8H2,(H,17,19). The molecule has 0 aliphatic rings. The van der Waals surface area contributed by atoms with Crippen molar-refractivity contribution in [2.75, 3.05) is 5.32 Å². The number of hydrogen-bond donors (Lipinski definition) is 2. The summed E-state index contributed by atoms with van der Waals surface area (Å²) in [6.45, 7) is 0. The van der Waals surface area contributed by atoms with Gasteiger partial charge in [-0.2, -0.15) is 0 Å². The summed E-state index contributed by atoms with van der Waals surface area (Å²) in [6, 6.07) is 10.7. The average molecular weight is 324 g/mol. The van der Waals surface area contributed by atoms with Crippen LogP contribution in [-0.4, -0.2) is 11.0 Å². The number of phenols is 1. The summed E-state index contributed by atoms with van der Waals surface area (Å²) in [5.74, 6) is -1.52. The molecule has 0 saturated heterocycles. The van der Waals surface area contributed by atoms with Crippen molar-refractivity contribution < 1.29 is 14.3 Å². The number of alkyl halides is 1. The van der Waals surface area contributed by atoms with E-state index in [1.807, 2.05) is 12.1 Å². The molecule has 0 saturated carbocycles. The number of carbonyl (C=O) groups is 1. The van der Waals surface area contributed by atoms with Crippen LogP contribution in [0.4, 0.5) is 10.1 Å². The Kier molecular flexibility index (Phi) is 4.16. The lowest BCUT2D eigenvalue weighted by atomic mass is 10.1. The van der Waals surface area contributed by atoms with E-state index in [0.29, 0.717) is 11.0 Å². The number of halogens is 2. The average Bonchev–Trinajstić information content (AvgIpc) is 2.39. The molecule has 0 fully saturated rings. The second-order valence-electron chi connectivity index (χ2n) is 3.91. The Morgan fingerprint density at radius 2 is 2.00 bits per heavy atom. The van der Waals surface area contributed by atoms with E-state index in [9.17, 15) is 9.18 Å². The van der Waals surface area contributed by atoms with Crippen molar-refractivity contribution in [3.63, 3.8) is 0 Å². The van der Waals surface area contributed by atoms with Crippen molar-refractivity contribution in [1.29, 1.82) is 0 Å². The van der Waals surface area contributed by atoms with E-state index in [0.717, 1.165) is 11.6 Å². The van der Waals surface area contributed by atoms with Crippen LogP contribution in [0.2, 0.25) is 0 Å². The molecule has 2 aromatic carbocycles. The van der Waals surface area contributed by atoms with E-state index in [-0.39, 0.29) is 11.3 Å². The minimum absolute atomic E-state index is 0.109. The van der Waals surface area contributed by atoms with Gasteiger partial charge in [0.15, 0.2) is 0 Å². The highest BCUT2D eigenvalue weighted by molar-refractivity contribution is 9.08. The number of nitrogens with one attached hydrogen (secondary N) is 1. The van der Waals surface area contributed by atoms with Crippen LogP contribution in [0.3, 0.4) is 0 Å². The number of benzene rings is 2. The lowest BCUT2D eigenvalue weighted by Crippen LogP contribution is -2.14. The smallest absolute Gasteiger partial charge is 0.258 e. The maximum Gasteiger partial charge on any atom is 0.258 e. The molecule has 0 aliphatic carbocycles. The molecule has 2 aromatic rings. The van der Waals surface area contributed by atoms with Gasteiger partial charge in [-0.3, -0.25) is 4.79 Å². The first-order chi connectivity index (χ1) is 9.11. The van der Waals surface area contributed by atoms with E-state index >= 15 is 0 Å². The van der Waals surface area contributed by atoms with Crippen LogP contribution >= 0.6 is 15.9 Å². The van der Waals surface area contributed by atoms with Crippen LogP contribution in [0, 0.1) is 5.82 Å². The van der Waals surface area contributed by atoms with Crippen molar-refractivity contribution in [3.8, 4) is 5.75 Å². The summed E-state index contributed by atoms with van der Waals surface area (Å²) in [6.07, 6.45) is 0. The van der Waals surface area contributed by atoms with Gasteiger partial charge in [0.05, 0.1) is 5.56 Å². The van der Waals surface area contributed by atoms with Crippen LogP contribution in [0.1, 0.15) is 15.9 Å². The Morgan fingerprint density at radius 1 is 1.26 bits per heavy atom. The third-order valence-corrected chi connectivity index (χ3v) is 3.21. The molecular formula is C14H11BrFNO2. The van der Waals surface area contributed by atoms with Gasteiger partial charge in [0.2, 0.25) is 0 Å². The lowest BCUT2D eigenvalue weighted by molar-refractivity contribution is 0.102. The zero-order chi connectivity index (χ0) is 13.8. The van der Waals surface area contributed by atoms with Gasteiger partial charge >= 0.3 is 0 Å². The highest BCUT2D eigenvalue weighted by Crippen LogP contribution is 2.20. The van der Waals surface area contributed by atoms with Gasteiger partial charge in [-0.05, 0) is 23.8 Å². The number of amides is 1. The molecule has 0 aromatic heterocycles. The predicted octanol–water partition coefficient (Wildman–Crippen LogP) is 3.68. The van der Waals surface area contributed by atoms with Crippen molar-refractivity contribution in [2.24, 2.45) is 0 Å². The molecule has 5 heteroatoms. The SMILES string of the molecule is O=C(Nc1ccccc1CBr)c1ccc(O)cc1F. The Hall–Kier alpha value is -1.88. The molecule has 0 heterocycles. The number of phenolic OH excluding ortho intramolecular Hbond substituents is 1. The maximum absolute atomic E-state index is 13.6. The Balaban J connectivity index is 2.26. The van der Waals surface area contributed by atoms with Crippen LogP contribution < -0.4 is 5.32 Å². The second kappa shape index (κ2) is 5.84. The Labute approximate surface area is 118 Å². The van der Waals surface area contributed by atoms with Gasteiger partial charge in [0, 0.05) is 17.1 Å². The van der Waals surface area contributed by atoms with Crippen molar-refractivity contribution in [1.82, 2.24) is 0 Å². The molecule has 2 N–H and O–H groups in total. The Morgan fingerprint density at radius 3 is 2.68 bits per heavy atom. The first-order valence-electron chi connectivity index (χ1n) is 5.55. The van der Waals surface area contributed by atoms with Crippen LogP contribution in [0.15, 0.2) is 42.5 Å². The van der Waals surface area contributed by atoms with Crippen LogP contribution in [-0.2, 0) is 5.33 Å². The normalized spacial score (nSPS) is 10.2. The molecule has 0 bridgehead atoms. The quantitative estimate of drug-likeness (QED) is 0.846. The molecule has 2 rings (SSSR count). The minimum atomic E-state index is -0.756. The number of aromatic hydroxyl groups is 1. The zero-order valence-electron chi connectivity index (χ0n) is 9.86. The molecule has 0 radical (unpaired) electrons. The zero-order valence-corrected chi connectivity index (χ0v) is 11.4. The molecule has 0 atom stereocenters. The number of para-hydroxylation sites is 1. The van der Waals surface area contributed by atoms with Gasteiger partial charge in [0.1, 0.15) is 11.6 Å². The Bertz CT molecular complexity index is 616. The molecule has 0 aliphatic heterocycles. The topological polar surface area (TPSA) is 49.3 Å². The fourth-order valence-corrected chi connectivity index (χ4v) is 2.13. The van der Waals surface area contributed by atoms with E-state index < -0.39 is 11.7 Å². The summed E-state index contributed by atoms with van der Waals surface area (Å²) in [7, 11) is 0. The first-order valence-corrected chi connectivity index (χ1v) is 6.67. The second-order valence-corrected chi connectivity index (χ2v) is 4.47. The molecule has 0 spiro atoms. The molecule has 19 heavy (non-hydrogen) atoms. The predicted molar refractivity (Wildman–Crippen MR) is 75.1 cm³/mol. The summed E-state index contributed by atoms with van der Waals surface area (Å²) in [5.41, 5.74) is 1.41. The van der Waals surface area contributed by atoms with Gasteiger partial charge in [0.25, 0.3) is 5.91 Å². The molecule has 1 amide bonds. The van der Waals surface area contributed by atoms with Gasteiger partial charge in [-0.15, -0.1) is 0 Å². The fraction of sp³-hybridized carbons (Fsp3) is 0.0714. The minimum Gasteiger partial charge on any atom is -0.508 e.